The van der Waals surface area contributed by atoms with Crippen molar-refractivity contribution in [2.45, 2.75) is 12.8 Å². The fourth-order valence-corrected chi connectivity index (χ4v) is 1.29. The summed E-state index contributed by atoms with van der Waals surface area (Å²) in [4.78, 5) is 0. The Kier molecular flexibility index (Phi) is 2.73. The molecule has 0 saturated carbocycles. The molecule has 2 heteroatoms. The molecule has 0 N–H and O–H groups in total. The fourth-order valence-electron chi connectivity index (χ4n) is 0.991. The maximum atomic E-state index is 8.62. The standard InChI is InChI=1S/C10H9ClN/c1-7(2)9-5-8(6-12)3-4-10(9)11/h3-5,7H,1H2,2H3. The van der Waals surface area contributed by atoms with E-state index in [9.17, 15) is 0 Å². The zero-order chi connectivity index (χ0) is 9.14. The first-order valence-corrected chi connectivity index (χ1v) is 4.05. The van der Waals surface area contributed by atoms with Gasteiger partial charge in [0.05, 0.1) is 11.6 Å². The van der Waals surface area contributed by atoms with Crippen molar-refractivity contribution in [2.24, 2.45) is 0 Å². The maximum Gasteiger partial charge on any atom is 0.0991 e. The largest absolute Gasteiger partial charge is 0.192 e. The normalized spacial score (nSPS) is 9.92. The molecule has 0 aliphatic carbocycles. The smallest absolute Gasteiger partial charge is 0.0991 e. The van der Waals surface area contributed by atoms with Crippen LogP contribution in [0.1, 0.15) is 24.0 Å². The highest BCUT2D eigenvalue weighted by Gasteiger charge is 2.05. The second-order valence-corrected chi connectivity index (χ2v) is 3.16. The minimum Gasteiger partial charge on any atom is -0.192 e. The third-order valence-corrected chi connectivity index (χ3v) is 2.00. The summed E-state index contributed by atoms with van der Waals surface area (Å²) in [5, 5.41) is 9.30. The van der Waals surface area contributed by atoms with Crippen molar-refractivity contribution in [3.63, 3.8) is 0 Å². The van der Waals surface area contributed by atoms with Crippen LogP contribution in [0.15, 0.2) is 18.2 Å². The minimum absolute atomic E-state index is 0.116. The van der Waals surface area contributed by atoms with Gasteiger partial charge in [0.15, 0.2) is 0 Å². The van der Waals surface area contributed by atoms with Crippen molar-refractivity contribution in [1.29, 1.82) is 5.26 Å². The lowest BCUT2D eigenvalue weighted by molar-refractivity contribution is 0.963. The summed E-state index contributed by atoms with van der Waals surface area (Å²) in [6.45, 7) is 5.80. The first-order valence-electron chi connectivity index (χ1n) is 3.67. The van der Waals surface area contributed by atoms with Gasteiger partial charge in [-0.3, -0.25) is 0 Å². The highest BCUT2D eigenvalue weighted by atomic mass is 35.5. The Labute approximate surface area is 77.6 Å². The molecule has 1 radical (unpaired) electrons. The van der Waals surface area contributed by atoms with Crippen LogP contribution >= 0.6 is 11.6 Å². The van der Waals surface area contributed by atoms with Gasteiger partial charge in [-0.1, -0.05) is 18.5 Å². The molecule has 0 aliphatic rings. The summed E-state index contributed by atoms with van der Waals surface area (Å²) in [5.74, 6) is 0.116. The molecule has 1 rings (SSSR count). The molecule has 1 aromatic rings. The van der Waals surface area contributed by atoms with E-state index in [4.69, 9.17) is 16.9 Å². The van der Waals surface area contributed by atoms with Crippen LogP contribution in [0.4, 0.5) is 0 Å². The maximum absolute atomic E-state index is 8.62. The molecule has 1 unspecified atom stereocenters. The number of hydrogen-bond donors (Lipinski definition) is 0. The molecule has 0 aliphatic heterocycles. The molecule has 12 heavy (non-hydrogen) atoms. The lowest BCUT2D eigenvalue weighted by Crippen LogP contribution is -1.89. The minimum atomic E-state index is 0.116. The summed E-state index contributed by atoms with van der Waals surface area (Å²) >= 11 is 5.90. The number of rotatable bonds is 1. The molecule has 1 nitrogen and oxygen atoms in total. The second-order valence-electron chi connectivity index (χ2n) is 2.75. The van der Waals surface area contributed by atoms with E-state index < -0.39 is 0 Å². The summed E-state index contributed by atoms with van der Waals surface area (Å²) in [6, 6.07) is 7.28. The van der Waals surface area contributed by atoms with E-state index in [0.717, 1.165) is 5.56 Å². The Bertz CT molecular complexity index is 323. The summed E-state index contributed by atoms with van der Waals surface area (Å²) in [5.41, 5.74) is 1.56. The van der Waals surface area contributed by atoms with Crippen molar-refractivity contribution >= 4 is 11.6 Å². The van der Waals surface area contributed by atoms with Crippen LogP contribution in [0.5, 0.6) is 0 Å². The van der Waals surface area contributed by atoms with Gasteiger partial charge in [0, 0.05) is 5.02 Å². The van der Waals surface area contributed by atoms with Crippen LogP contribution in [-0.2, 0) is 0 Å². The van der Waals surface area contributed by atoms with Crippen LogP contribution in [-0.4, -0.2) is 0 Å². The molecule has 0 bridgehead atoms. The second kappa shape index (κ2) is 3.60. The third kappa shape index (κ3) is 1.78. The van der Waals surface area contributed by atoms with E-state index in [1.165, 1.54) is 0 Å². The molecule has 0 saturated heterocycles. The lowest BCUT2D eigenvalue weighted by Gasteiger charge is -2.07. The van der Waals surface area contributed by atoms with Crippen LogP contribution in [0, 0.1) is 18.3 Å². The molecule has 1 atom stereocenters. The molecule has 0 aromatic heterocycles. The van der Waals surface area contributed by atoms with Crippen LogP contribution in [0.25, 0.3) is 0 Å². The van der Waals surface area contributed by atoms with Gasteiger partial charge in [-0.05, 0) is 36.6 Å². The molecule has 61 valence electrons. The Morgan fingerprint density at radius 2 is 2.25 bits per heavy atom. The van der Waals surface area contributed by atoms with Gasteiger partial charge in [0.1, 0.15) is 0 Å². The Hall–Kier alpha value is -1.000. The number of nitrogens with zero attached hydrogens (tertiary/aromatic N) is 1. The van der Waals surface area contributed by atoms with E-state index in [1.807, 2.05) is 6.92 Å². The monoisotopic (exact) mass is 178 g/mol. The van der Waals surface area contributed by atoms with E-state index in [-0.39, 0.29) is 5.92 Å². The first-order chi connectivity index (χ1) is 5.65. The Balaban J connectivity index is 3.19. The number of benzene rings is 1. The first kappa shape index (κ1) is 9.09. The number of halogens is 1. The molecule has 0 heterocycles. The fraction of sp³-hybridized carbons (Fsp3) is 0.200. The van der Waals surface area contributed by atoms with Crippen LogP contribution in [0.2, 0.25) is 5.02 Å². The predicted molar refractivity (Wildman–Crippen MR) is 49.9 cm³/mol. The third-order valence-electron chi connectivity index (χ3n) is 1.66. The van der Waals surface area contributed by atoms with Gasteiger partial charge in [0.25, 0.3) is 0 Å². The van der Waals surface area contributed by atoms with E-state index in [0.29, 0.717) is 10.6 Å². The van der Waals surface area contributed by atoms with E-state index in [2.05, 4.69) is 13.0 Å². The molecule has 0 fully saturated rings. The SMILES string of the molecule is [CH2]C(C)c1cc(C#N)ccc1Cl. The highest BCUT2D eigenvalue weighted by molar-refractivity contribution is 6.31. The van der Waals surface area contributed by atoms with Gasteiger partial charge < -0.3 is 0 Å². The van der Waals surface area contributed by atoms with Crippen molar-refractivity contribution in [3.05, 3.63) is 41.3 Å². The predicted octanol–water partition coefficient (Wildman–Crippen LogP) is 3.15. The van der Waals surface area contributed by atoms with Crippen LogP contribution in [0.3, 0.4) is 0 Å². The van der Waals surface area contributed by atoms with Gasteiger partial charge >= 0.3 is 0 Å². The highest BCUT2D eigenvalue weighted by Crippen LogP contribution is 2.24. The quantitative estimate of drug-likeness (QED) is 0.648. The number of nitriles is 1. The van der Waals surface area contributed by atoms with Crippen molar-refractivity contribution in [3.8, 4) is 6.07 Å². The molecular weight excluding hydrogens is 170 g/mol. The Morgan fingerprint density at radius 3 is 2.75 bits per heavy atom. The van der Waals surface area contributed by atoms with Crippen LogP contribution < -0.4 is 0 Å². The molecule has 0 amide bonds. The zero-order valence-electron chi connectivity index (χ0n) is 6.84. The van der Waals surface area contributed by atoms with Gasteiger partial charge in [-0.2, -0.15) is 5.26 Å². The van der Waals surface area contributed by atoms with E-state index in [1.54, 1.807) is 18.2 Å². The van der Waals surface area contributed by atoms with Gasteiger partial charge in [-0.25, -0.2) is 0 Å². The van der Waals surface area contributed by atoms with Crippen molar-refractivity contribution in [1.82, 2.24) is 0 Å². The van der Waals surface area contributed by atoms with Gasteiger partial charge in [0.2, 0.25) is 0 Å². The average Bonchev–Trinajstić information content (AvgIpc) is 2.05. The lowest BCUT2D eigenvalue weighted by atomic mass is 10.0. The molecule has 0 spiro atoms. The average molecular weight is 179 g/mol. The van der Waals surface area contributed by atoms with Crippen molar-refractivity contribution in [2.75, 3.05) is 0 Å². The topological polar surface area (TPSA) is 23.8 Å². The zero-order valence-corrected chi connectivity index (χ0v) is 7.60. The summed E-state index contributed by atoms with van der Waals surface area (Å²) in [7, 11) is 0. The van der Waals surface area contributed by atoms with E-state index >= 15 is 0 Å². The molecular formula is C10H9ClN. The summed E-state index contributed by atoms with van der Waals surface area (Å²) < 4.78 is 0. The van der Waals surface area contributed by atoms with Gasteiger partial charge in [-0.15, -0.1) is 0 Å². The Morgan fingerprint density at radius 1 is 1.58 bits per heavy atom. The summed E-state index contributed by atoms with van der Waals surface area (Å²) in [6.07, 6.45) is 0. The van der Waals surface area contributed by atoms with Crippen molar-refractivity contribution < 1.29 is 0 Å². The molecule has 1 aromatic carbocycles. The number of hydrogen-bond acceptors (Lipinski definition) is 1.